The number of rotatable bonds is 8. The average molecular weight is 1260 g/mol. The van der Waals surface area contributed by atoms with Crippen LogP contribution in [-0.4, -0.2) is 22.2 Å². The summed E-state index contributed by atoms with van der Waals surface area (Å²) in [5, 5.41) is 0.303. The van der Waals surface area contributed by atoms with Crippen LogP contribution in [0.25, 0.3) is 83.4 Å². The number of imidazole rings is 1. The number of fused-ring (bicyclic) bond motifs is 10. The molecule has 5 nitrogen and oxygen atoms in total. The van der Waals surface area contributed by atoms with Gasteiger partial charge < -0.3 is 9.30 Å². The van der Waals surface area contributed by atoms with Crippen LogP contribution >= 0.6 is 0 Å². The summed E-state index contributed by atoms with van der Waals surface area (Å²) < 4.78 is 154. The van der Waals surface area contributed by atoms with E-state index < -0.39 is 120 Å². The summed E-state index contributed by atoms with van der Waals surface area (Å²) in [6.45, 7) is 12.8. The maximum atomic E-state index is 9.84. The van der Waals surface area contributed by atoms with Crippen LogP contribution in [0.5, 0.6) is 11.5 Å². The van der Waals surface area contributed by atoms with E-state index in [0.29, 0.717) is 39.6 Å². The fourth-order valence-corrected chi connectivity index (χ4v) is 15.5. The topological polar surface area (TPSA) is 35.9 Å². The van der Waals surface area contributed by atoms with E-state index in [-0.39, 0.29) is 31.7 Å². The van der Waals surface area contributed by atoms with Crippen LogP contribution in [0.1, 0.15) is 73.2 Å². The monoisotopic (exact) mass is 1260 g/mol. The van der Waals surface area contributed by atoms with E-state index in [4.69, 9.17) is 13.8 Å². The van der Waals surface area contributed by atoms with Crippen LogP contribution < -0.4 is 30.1 Å². The van der Waals surface area contributed by atoms with Gasteiger partial charge in [0.15, 0.2) is 19.1 Å². The van der Waals surface area contributed by atoms with Gasteiger partial charge in [0.2, 0.25) is 0 Å². The number of pyridine rings is 1. The average Bonchev–Trinajstić information content (AvgIpc) is 0.850. The SMILES string of the molecule is [2H]c1c([2H])c([2H])c([Si](c2ccc3c(c2)-c2cccc(C(C)(C)C)c2-[n+]2cn(-c4[c-]c(Oc5[c-]c6c(cc5)c5ccccc5n6-c5cc(C(C)(C)C)ccn5)ccc4)c4cccc(c42)-c2ccccc2-3)(c2c([2H])c([2H])c([2H])c([2H])c2[2H])c2c([2H])c([2H])c([2H])c([2H])c2[2H])c([2H])c1[2H].[Pt]. The van der Waals surface area contributed by atoms with Crippen molar-refractivity contribution in [3.8, 4) is 62.1 Å². The summed E-state index contributed by atoms with van der Waals surface area (Å²) in [6.07, 6.45) is 3.84. The van der Waals surface area contributed by atoms with Crippen molar-refractivity contribution in [1.29, 1.82) is 0 Å². The van der Waals surface area contributed by atoms with Gasteiger partial charge in [-0.25, -0.2) is 9.55 Å². The smallest absolute Gasteiger partial charge is 0.253 e. The van der Waals surface area contributed by atoms with Crippen molar-refractivity contribution < 1.29 is 50.9 Å². The molecule has 14 rings (SSSR count). The zero-order valence-electron chi connectivity index (χ0n) is 60.0. The van der Waals surface area contributed by atoms with E-state index >= 15 is 0 Å². The van der Waals surface area contributed by atoms with Gasteiger partial charge in [-0.15, -0.1) is 29.7 Å². The van der Waals surface area contributed by atoms with Crippen LogP contribution in [0, 0.1) is 12.1 Å². The summed E-state index contributed by atoms with van der Waals surface area (Å²) in [6, 6.07) is 41.5. The Morgan fingerprint density at radius 1 is 0.506 bits per heavy atom. The van der Waals surface area contributed by atoms with Gasteiger partial charge in [0.05, 0.1) is 20.6 Å². The van der Waals surface area contributed by atoms with E-state index in [1.165, 1.54) is 0 Å². The molecule has 10 aromatic carbocycles. The molecule has 13 aromatic rings. The summed E-state index contributed by atoms with van der Waals surface area (Å²) in [5.41, 5.74) is 9.97. The summed E-state index contributed by atoms with van der Waals surface area (Å²) in [4.78, 5) is 4.87. The number of hydrogen-bond acceptors (Lipinski definition) is 2. The minimum Gasteiger partial charge on any atom is -0.509 e. The molecule has 0 bridgehead atoms. The van der Waals surface area contributed by atoms with Gasteiger partial charge in [-0.05, 0) is 95.1 Å². The fourth-order valence-electron chi connectivity index (χ4n) is 11.7. The van der Waals surface area contributed by atoms with Gasteiger partial charge in [-0.3, -0.25) is 0 Å². The Hall–Kier alpha value is -8.67. The third-order valence-electron chi connectivity index (χ3n) is 15.3. The van der Waals surface area contributed by atoms with Crippen LogP contribution in [-0.2, 0) is 31.9 Å². The third kappa shape index (κ3) is 8.63. The zero-order valence-corrected chi connectivity index (χ0v) is 48.3. The fraction of sp³-hybridized carbons (Fsp3) is 0.108. The largest absolute Gasteiger partial charge is 0.509 e. The van der Waals surface area contributed by atoms with E-state index in [1.807, 2.05) is 120 Å². The summed E-state index contributed by atoms with van der Waals surface area (Å²) >= 11 is 0. The van der Waals surface area contributed by atoms with E-state index in [0.717, 1.165) is 66.5 Å². The van der Waals surface area contributed by atoms with Crippen LogP contribution in [0.2, 0.25) is 0 Å². The summed E-state index contributed by atoms with van der Waals surface area (Å²) in [7, 11) is -5.55. The second-order valence-electron chi connectivity index (χ2n) is 22.1. The predicted octanol–water partition coefficient (Wildman–Crippen LogP) is 15.1. The van der Waals surface area contributed by atoms with Gasteiger partial charge >= 0.3 is 0 Å². The van der Waals surface area contributed by atoms with E-state index in [9.17, 15) is 16.4 Å². The van der Waals surface area contributed by atoms with Crippen molar-refractivity contribution in [1.82, 2.24) is 14.1 Å². The maximum absolute atomic E-state index is 9.84. The van der Waals surface area contributed by atoms with Crippen molar-refractivity contribution in [2.24, 2.45) is 0 Å². The first kappa shape index (κ1) is 37.3. The quantitative estimate of drug-likeness (QED) is 0.0658. The maximum Gasteiger partial charge on any atom is 0.253 e. The molecule has 0 atom stereocenters. The molecule has 0 radical (unpaired) electrons. The Morgan fingerprint density at radius 2 is 1.10 bits per heavy atom. The molecule has 0 unspecified atom stereocenters. The normalized spacial score (nSPS) is 14.8. The molecule has 0 fully saturated rings. The second-order valence-corrected chi connectivity index (χ2v) is 25.7. The van der Waals surface area contributed by atoms with Crippen LogP contribution in [0.15, 0.2) is 249 Å². The number of nitrogens with zero attached hydrogens (tertiary/aromatic N) is 4. The Labute approximate surface area is 510 Å². The number of para-hydroxylation sites is 3. The van der Waals surface area contributed by atoms with Crippen LogP contribution in [0.4, 0.5) is 0 Å². The van der Waals surface area contributed by atoms with Crippen molar-refractivity contribution >= 4 is 61.7 Å². The van der Waals surface area contributed by atoms with Gasteiger partial charge in [0.1, 0.15) is 11.5 Å². The molecule has 0 aliphatic carbocycles. The Bertz CT molecular complexity index is 5230. The molecule has 81 heavy (non-hydrogen) atoms. The Morgan fingerprint density at radius 3 is 1.79 bits per heavy atom. The van der Waals surface area contributed by atoms with Crippen molar-refractivity contribution in [3.63, 3.8) is 0 Å². The molecular formula is C74H59N4OPtSi-. The Balaban J connectivity index is 0.00000833. The molecule has 0 saturated heterocycles. The molecule has 7 heteroatoms. The first-order valence-electron chi connectivity index (χ1n) is 34.0. The van der Waals surface area contributed by atoms with Crippen molar-refractivity contribution in [3.05, 3.63) is 272 Å². The second kappa shape index (κ2) is 20.1. The number of hydrogen-bond donors (Lipinski definition) is 0. The van der Waals surface area contributed by atoms with E-state index in [1.54, 1.807) is 18.2 Å². The molecule has 1 aliphatic rings. The first-order valence-corrected chi connectivity index (χ1v) is 28.5. The molecule has 3 aromatic heterocycles. The van der Waals surface area contributed by atoms with Crippen LogP contribution in [0.3, 0.4) is 0 Å². The molecule has 0 N–H and O–H groups in total. The minimum atomic E-state index is -5.55. The molecule has 1 aliphatic heterocycles. The molecular weight excluding hydrogens is 1180 g/mol. The van der Waals surface area contributed by atoms with E-state index in [2.05, 4.69) is 87.1 Å². The minimum absolute atomic E-state index is 0. The predicted molar refractivity (Wildman–Crippen MR) is 332 cm³/mol. The number of aromatic nitrogens is 4. The van der Waals surface area contributed by atoms with Gasteiger partial charge in [0.25, 0.3) is 6.33 Å². The number of benzene rings is 10. The molecule has 0 amide bonds. The first-order chi connectivity index (χ1) is 45.2. The molecule has 0 spiro atoms. The number of ether oxygens (including phenoxy) is 1. The van der Waals surface area contributed by atoms with Gasteiger partial charge in [-0.2, -0.15) is 16.7 Å². The van der Waals surface area contributed by atoms with Gasteiger partial charge in [0, 0.05) is 66.7 Å². The third-order valence-corrected chi connectivity index (χ3v) is 19.5. The molecule has 396 valence electrons. The van der Waals surface area contributed by atoms with Crippen molar-refractivity contribution in [2.75, 3.05) is 0 Å². The standard InChI is InChI=1S/C74H59N4OSi.Pt/c1-73(2,3)50-43-44-75-70(45-50)78-67-37-19-18-33-61(67)62-41-39-53(47-69(62)78)79-52-24-20-23-51(46-52)76-49-77-71-64(34-21-36-66(71)74(4,5)6)65-48-57(40-42-60(65)58-31-16-17-32-59(58)63-35-22-38-68(76)72(63)77)80(54-25-10-7-11-26-54,55-27-12-8-13-28-55)56-29-14-9-15-30-56;/h7-45,48-49H,1-6H3;/q-1;/i7D,8D,9D,10D,11D,12D,13D,14D,15D,25D,26D,27D,28D,29D,30D;. The Kier molecular flexibility index (Phi) is 9.28. The molecule has 4 heterocycles. The van der Waals surface area contributed by atoms with Crippen molar-refractivity contribution in [2.45, 2.75) is 52.4 Å². The summed E-state index contributed by atoms with van der Waals surface area (Å²) in [5.74, 6) is 1.62. The van der Waals surface area contributed by atoms with Gasteiger partial charge in [-0.1, -0.05) is 229 Å². The molecule has 0 saturated carbocycles. The zero-order chi connectivity index (χ0) is 67.4.